The van der Waals surface area contributed by atoms with E-state index in [1.54, 1.807) is 18.2 Å². The molecule has 1 heterocycles. The van der Waals surface area contributed by atoms with Crippen molar-refractivity contribution in [3.8, 4) is 11.5 Å². The molecule has 3 rings (SSSR count). The number of benzene rings is 2. The number of carbonyl (C=O) groups excluding carboxylic acids is 1. The molecule has 0 N–H and O–H groups in total. The van der Waals surface area contributed by atoms with E-state index in [1.807, 2.05) is 25.1 Å². The van der Waals surface area contributed by atoms with E-state index in [4.69, 9.17) is 13.9 Å². The first-order valence-corrected chi connectivity index (χ1v) is 8.40. The van der Waals surface area contributed by atoms with Gasteiger partial charge in [0.1, 0.15) is 17.1 Å². The lowest BCUT2D eigenvalue weighted by molar-refractivity contribution is -0.136. The van der Waals surface area contributed by atoms with Crippen LogP contribution in [0.2, 0.25) is 0 Å². The van der Waals surface area contributed by atoms with E-state index >= 15 is 0 Å². The Hall–Kier alpha value is -3.08. The Morgan fingerprint density at radius 2 is 1.85 bits per heavy atom. The second-order valence-corrected chi connectivity index (χ2v) is 6.41. The van der Waals surface area contributed by atoms with Crippen LogP contribution < -0.4 is 15.1 Å². The molecule has 3 aromatic rings. The van der Waals surface area contributed by atoms with E-state index in [-0.39, 0.29) is 12.5 Å². The van der Waals surface area contributed by atoms with E-state index in [9.17, 15) is 9.59 Å². The summed E-state index contributed by atoms with van der Waals surface area (Å²) in [5, 5.41) is 0.752. The molecule has 0 atom stereocenters. The van der Waals surface area contributed by atoms with Gasteiger partial charge in [-0.25, -0.2) is 9.59 Å². The van der Waals surface area contributed by atoms with Crippen molar-refractivity contribution in [2.45, 2.75) is 26.7 Å². The van der Waals surface area contributed by atoms with Gasteiger partial charge in [-0.05, 0) is 48.2 Å². The van der Waals surface area contributed by atoms with Crippen molar-refractivity contribution in [3.63, 3.8) is 0 Å². The Balaban J connectivity index is 1.70. The Kier molecular flexibility index (Phi) is 5.07. The number of fused-ring (bicyclic) bond motifs is 1. The normalized spacial score (nSPS) is 10.9. The van der Waals surface area contributed by atoms with Crippen molar-refractivity contribution in [3.05, 3.63) is 70.1 Å². The topological polar surface area (TPSA) is 65.7 Å². The van der Waals surface area contributed by atoms with E-state index < -0.39 is 11.6 Å². The third kappa shape index (κ3) is 4.11. The van der Waals surface area contributed by atoms with E-state index in [0.29, 0.717) is 17.1 Å². The third-order valence-corrected chi connectivity index (χ3v) is 3.96. The Morgan fingerprint density at radius 3 is 2.62 bits per heavy atom. The van der Waals surface area contributed by atoms with Crippen molar-refractivity contribution >= 4 is 16.9 Å². The summed E-state index contributed by atoms with van der Waals surface area (Å²) in [7, 11) is 0. The van der Waals surface area contributed by atoms with Crippen molar-refractivity contribution in [2.75, 3.05) is 6.61 Å². The monoisotopic (exact) mass is 352 g/mol. The molecule has 0 bridgehead atoms. The average Bonchev–Trinajstić information content (AvgIpc) is 2.59. The number of rotatable bonds is 5. The first-order chi connectivity index (χ1) is 12.4. The minimum Gasteiger partial charge on any atom is -0.482 e. The molecule has 0 fully saturated rings. The molecule has 1 aromatic heterocycles. The van der Waals surface area contributed by atoms with Crippen LogP contribution in [-0.2, 0) is 4.79 Å². The molecule has 0 saturated heterocycles. The first-order valence-electron chi connectivity index (χ1n) is 8.40. The van der Waals surface area contributed by atoms with Crippen LogP contribution >= 0.6 is 0 Å². The summed E-state index contributed by atoms with van der Waals surface area (Å²) in [6, 6.07) is 13.8. The third-order valence-electron chi connectivity index (χ3n) is 3.96. The predicted molar refractivity (Wildman–Crippen MR) is 98.9 cm³/mol. The molecule has 0 aliphatic heterocycles. The largest absolute Gasteiger partial charge is 0.482 e. The molecular formula is C21H20O5. The summed E-state index contributed by atoms with van der Waals surface area (Å²) in [6.45, 7) is 5.90. The number of hydrogen-bond donors (Lipinski definition) is 0. The van der Waals surface area contributed by atoms with E-state index in [1.165, 1.54) is 12.1 Å². The van der Waals surface area contributed by atoms with Crippen LogP contribution in [-0.4, -0.2) is 12.6 Å². The van der Waals surface area contributed by atoms with Gasteiger partial charge in [0, 0.05) is 17.5 Å². The van der Waals surface area contributed by atoms with Crippen molar-refractivity contribution < 1.29 is 18.7 Å². The van der Waals surface area contributed by atoms with Crippen LogP contribution in [0.15, 0.2) is 57.7 Å². The maximum atomic E-state index is 12.1. The molecule has 0 radical (unpaired) electrons. The minimum absolute atomic E-state index is 0.208. The summed E-state index contributed by atoms with van der Waals surface area (Å²) in [5.41, 5.74) is 2.01. The SMILES string of the molecule is Cc1ccc(C(C)C)c(OCC(=O)Oc2ccc3ccc(=O)oc3c2)c1. The number of esters is 1. The summed E-state index contributed by atoms with van der Waals surface area (Å²) in [6.07, 6.45) is 0. The molecule has 2 aromatic carbocycles. The van der Waals surface area contributed by atoms with Crippen molar-refractivity contribution in [1.82, 2.24) is 0 Å². The maximum absolute atomic E-state index is 12.1. The zero-order valence-electron chi connectivity index (χ0n) is 14.9. The van der Waals surface area contributed by atoms with Crippen LogP contribution in [0.3, 0.4) is 0 Å². The highest BCUT2D eigenvalue weighted by Crippen LogP contribution is 2.27. The molecule has 0 amide bonds. The van der Waals surface area contributed by atoms with Gasteiger partial charge in [0.05, 0.1) is 0 Å². The van der Waals surface area contributed by atoms with Gasteiger partial charge in [0.15, 0.2) is 6.61 Å². The molecule has 0 spiro atoms. The van der Waals surface area contributed by atoms with Gasteiger partial charge in [-0.15, -0.1) is 0 Å². The molecule has 0 saturated carbocycles. The van der Waals surface area contributed by atoms with Gasteiger partial charge in [-0.2, -0.15) is 0 Å². The first kappa shape index (κ1) is 17.7. The smallest absolute Gasteiger partial charge is 0.349 e. The Morgan fingerprint density at radius 1 is 1.08 bits per heavy atom. The quantitative estimate of drug-likeness (QED) is 0.391. The standard InChI is InChI=1S/C21H20O5/c1-13(2)17-8-4-14(3)10-19(17)24-12-21(23)25-16-7-5-15-6-9-20(22)26-18(15)11-16/h4-11,13H,12H2,1-3H3. The van der Waals surface area contributed by atoms with Crippen LogP contribution in [0.4, 0.5) is 0 Å². The van der Waals surface area contributed by atoms with Crippen molar-refractivity contribution in [1.29, 1.82) is 0 Å². The molecule has 0 unspecified atom stereocenters. The number of ether oxygens (including phenoxy) is 2. The predicted octanol–water partition coefficient (Wildman–Crippen LogP) is 4.21. The number of hydrogen-bond acceptors (Lipinski definition) is 5. The lowest BCUT2D eigenvalue weighted by Gasteiger charge is -2.14. The second kappa shape index (κ2) is 7.44. The van der Waals surface area contributed by atoms with E-state index in [0.717, 1.165) is 16.5 Å². The fraction of sp³-hybridized carbons (Fsp3) is 0.238. The highest BCUT2D eigenvalue weighted by atomic mass is 16.6. The molecule has 5 heteroatoms. The molecule has 26 heavy (non-hydrogen) atoms. The lowest BCUT2D eigenvalue weighted by atomic mass is 10.0. The Bertz CT molecular complexity index is 1000. The van der Waals surface area contributed by atoms with Gasteiger partial charge >= 0.3 is 11.6 Å². The summed E-state index contributed by atoms with van der Waals surface area (Å²) < 4.78 is 16.1. The van der Waals surface area contributed by atoms with Crippen molar-refractivity contribution in [2.24, 2.45) is 0 Å². The highest BCUT2D eigenvalue weighted by molar-refractivity contribution is 5.80. The van der Waals surface area contributed by atoms with Gasteiger partial charge in [0.2, 0.25) is 0 Å². The molecular weight excluding hydrogens is 332 g/mol. The number of carbonyl (C=O) groups is 1. The fourth-order valence-corrected chi connectivity index (χ4v) is 2.65. The zero-order chi connectivity index (χ0) is 18.7. The van der Waals surface area contributed by atoms with Gasteiger partial charge in [-0.3, -0.25) is 0 Å². The van der Waals surface area contributed by atoms with Crippen LogP contribution in [0.1, 0.15) is 30.9 Å². The van der Waals surface area contributed by atoms with Gasteiger partial charge < -0.3 is 13.9 Å². The Labute approximate surface area is 151 Å². The molecule has 5 nitrogen and oxygen atoms in total. The van der Waals surface area contributed by atoms with Crippen LogP contribution in [0, 0.1) is 6.92 Å². The second-order valence-electron chi connectivity index (χ2n) is 6.41. The van der Waals surface area contributed by atoms with E-state index in [2.05, 4.69) is 13.8 Å². The fourth-order valence-electron chi connectivity index (χ4n) is 2.65. The summed E-state index contributed by atoms with van der Waals surface area (Å²) >= 11 is 0. The van der Waals surface area contributed by atoms with Gasteiger partial charge in [0.25, 0.3) is 0 Å². The van der Waals surface area contributed by atoms with Gasteiger partial charge in [-0.1, -0.05) is 26.0 Å². The van der Waals surface area contributed by atoms with Crippen LogP contribution in [0.5, 0.6) is 11.5 Å². The molecule has 134 valence electrons. The summed E-state index contributed by atoms with van der Waals surface area (Å²) in [5.74, 6) is 0.735. The highest BCUT2D eigenvalue weighted by Gasteiger charge is 2.12. The number of aryl methyl sites for hydroxylation is 1. The minimum atomic E-state index is -0.529. The maximum Gasteiger partial charge on any atom is 0.349 e. The average molecular weight is 352 g/mol. The lowest BCUT2D eigenvalue weighted by Crippen LogP contribution is -2.18. The molecule has 0 aliphatic rings. The molecule has 0 aliphatic carbocycles. The van der Waals surface area contributed by atoms with Crippen LogP contribution in [0.25, 0.3) is 11.0 Å². The zero-order valence-corrected chi connectivity index (χ0v) is 14.9. The summed E-state index contributed by atoms with van der Waals surface area (Å²) in [4.78, 5) is 23.4.